The number of nitroso groups, excluding NO2 is 1. The Bertz CT molecular complexity index is 1530. The van der Waals surface area contributed by atoms with E-state index in [9.17, 15) is 4.91 Å². The number of pyridine rings is 1. The van der Waals surface area contributed by atoms with Gasteiger partial charge in [0.25, 0.3) is 0 Å². The van der Waals surface area contributed by atoms with Gasteiger partial charge in [-0.15, -0.1) is 10.2 Å². The van der Waals surface area contributed by atoms with Crippen LogP contribution in [0.3, 0.4) is 0 Å². The lowest BCUT2D eigenvalue weighted by Gasteiger charge is -2.14. The minimum absolute atomic E-state index is 0.171. The maximum Gasteiger partial charge on any atom is 0.177 e. The van der Waals surface area contributed by atoms with Gasteiger partial charge < -0.3 is 0 Å². The lowest BCUT2D eigenvalue weighted by atomic mass is 9.96. The predicted octanol–water partition coefficient (Wildman–Crippen LogP) is 4.33. The summed E-state index contributed by atoms with van der Waals surface area (Å²) >= 11 is 0. The monoisotopic (exact) mass is 448 g/mol. The number of benzene rings is 1. The number of rotatable bonds is 5. The number of halogens is 2. The van der Waals surface area contributed by atoms with E-state index in [2.05, 4.69) is 30.6 Å². The van der Waals surface area contributed by atoms with Crippen molar-refractivity contribution in [1.29, 1.82) is 0 Å². The van der Waals surface area contributed by atoms with Gasteiger partial charge in [0, 0.05) is 53.5 Å². The molecule has 11 heteroatoms. The topological polar surface area (TPSA) is 103 Å². The molecule has 9 nitrogen and oxygen atoms in total. The van der Waals surface area contributed by atoms with Gasteiger partial charge >= 0.3 is 0 Å². The fourth-order valence-electron chi connectivity index (χ4n) is 3.83. The third-order valence-electron chi connectivity index (χ3n) is 5.66. The Morgan fingerprint density at radius 1 is 1.06 bits per heavy atom. The highest BCUT2D eigenvalue weighted by molar-refractivity contribution is 5.85. The van der Waals surface area contributed by atoms with E-state index in [1.54, 1.807) is 62.4 Å². The first-order valence-corrected chi connectivity index (χ1v) is 10.2. The summed E-state index contributed by atoms with van der Waals surface area (Å²) < 4.78 is 33.8. The van der Waals surface area contributed by atoms with Crippen molar-refractivity contribution >= 4 is 16.6 Å². The zero-order chi connectivity index (χ0) is 23.3. The Morgan fingerprint density at radius 2 is 1.88 bits per heavy atom. The molecule has 0 radical (unpaired) electrons. The molecule has 0 aliphatic heterocycles. The molecule has 5 rings (SSSR count). The summed E-state index contributed by atoms with van der Waals surface area (Å²) in [6.07, 6.45) is 4.99. The molecule has 0 saturated heterocycles. The van der Waals surface area contributed by atoms with E-state index in [4.69, 9.17) is 0 Å². The fraction of sp³-hybridized carbons (Fsp3) is 0.227. The molecule has 4 heterocycles. The molecule has 2 atom stereocenters. The lowest BCUT2D eigenvalue weighted by Crippen LogP contribution is -2.11. The molecule has 0 spiro atoms. The Balaban J connectivity index is 1.65. The van der Waals surface area contributed by atoms with Crippen LogP contribution in [0, 0.1) is 16.5 Å². The van der Waals surface area contributed by atoms with Crippen molar-refractivity contribution in [2.75, 3.05) is 0 Å². The van der Waals surface area contributed by atoms with Gasteiger partial charge in [-0.1, -0.05) is 12.1 Å². The molecule has 1 aromatic carbocycles. The molecule has 2 unspecified atom stereocenters. The van der Waals surface area contributed by atoms with Crippen molar-refractivity contribution in [3.05, 3.63) is 76.5 Å². The standard InChI is InChI=1S/C22H18F2N8O/c1-11(22-28-27-19-5-4-17(12(2)30-33)29-32(19)22)20-16(23)7-18-15(21(20)24)6-13(8-25-18)14-9-26-31(3)10-14/h4-12H,1-3H3. The van der Waals surface area contributed by atoms with E-state index in [-0.39, 0.29) is 22.3 Å². The predicted molar refractivity (Wildman–Crippen MR) is 116 cm³/mol. The summed E-state index contributed by atoms with van der Waals surface area (Å²) in [6, 6.07) is 5.39. The molecular formula is C22H18F2N8O. The van der Waals surface area contributed by atoms with Gasteiger partial charge in [0.15, 0.2) is 11.5 Å². The van der Waals surface area contributed by atoms with Gasteiger partial charge in [0.2, 0.25) is 0 Å². The van der Waals surface area contributed by atoms with Crippen molar-refractivity contribution in [3.63, 3.8) is 0 Å². The molecule has 4 aromatic heterocycles. The first kappa shape index (κ1) is 20.7. The molecule has 166 valence electrons. The average molecular weight is 448 g/mol. The number of aryl methyl sites for hydroxylation is 1. The molecule has 0 fully saturated rings. The highest BCUT2D eigenvalue weighted by atomic mass is 19.1. The van der Waals surface area contributed by atoms with Crippen LogP contribution in [0.1, 0.15) is 42.9 Å². The molecular weight excluding hydrogens is 430 g/mol. The first-order valence-electron chi connectivity index (χ1n) is 10.2. The van der Waals surface area contributed by atoms with E-state index in [1.807, 2.05) is 0 Å². The fourth-order valence-corrected chi connectivity index (χ4v) is 3.83. The van der Waals surface area contributed by atoms with Crippen molar-refractivity contribution in [3.8, 4) is 11.1 Å². The third kappa shape index (κ3) is 3.41. The van der Waals surface area contributed by atoms with E-state index < -0.39 is 23.6 Å². The lowest BCUT2D eigenvalue weighted by molar-refractivity contribution is 0.546. The Kier molecular flexibility index (Phi) is 4.88. The van der Waals surface area contributed by atoms with E-state index >= 15 is 8.78 Å². The van der Waals surface area contributed by atoms with Crippen molar-refractivity contribution in [2.24, 2.45) is 12.2 Å². The smallest absolute Gasteiger partial charge is 0.177 e. The SMILES string of the molecule is CC(N=O)c1ccc2nnc(C(C)c3c(F)cc4ncc(-c5cnn(C)c5)cc4c3F)n2n1. The van der Waals surface area contributed by atoms with Gasteiger partial charge in [0.05, 0.1) is 17.4 Å². The summed E-state index contributed by atoms with van der Waals surface area (Å²) in [5, 5.41) is 19.8. The van der Waals surface area contributed by atoms with Gasteiger partial charge in [-0.05, 0) is 25.1 Å². The van der Waals surface area contributed by atoms with Gasteiger partial charge in [-0.2, -0.15) is 19.6 Å². The van der Waals surface area contributed by atoms with Gasteiger partial charge in [-0.3, -0.25) is 9.67 Å². The molecule has 0 saturated carbocycles. The Hall–Kier alpha value is -4.15. The van der Waals surface area contributed by atoms with E-state index in [1.165, 1.54) is 10.6 Å². The number of nitrogens with zero attached hydrogens (tertiary/aromatic N) is 8. The zero-order valence-electron chi connectivity index (χ0n) is 17.9. The van der Waals surface area contributed by atoms with E-state index in [0.717, 1.165) is 5.56 Å². The molecule has 5 aromatic rings. The highest BCUT2D eigenvalue weighted by Crippen LogP contribution is 2.33. The summed E-state index contributed by atoms with van der Waals surface area (Å²) in [7, 11) is 1.78. The minimum Gasteiger partial charge on any atom is -0.275 e. The van der Waals surface area contributed by atoms with Crippen LogP contribution < -0.4 is 0 Å². The molecule has 0 bridgehead atoms. The van der Waals surface area contributed by atoms with Crippen molar-refractivity contribution < 1.29 is 8.78 Å². The summed E-state index contributed by atoms with van der Waals surface area (Å²) in [6.45, 7) is 3.22. The maximum atomic E-state index is 15.7. The highest BCUT2D eigenvalue weighted by Gasteiger charge is 2.26. The molecule has 0 aliphatic carbocycles. The van der Waals surface area contributed by atoms with Crippen LogP contribution >= 0.6 is 0 Å². The van der Waals surface area contributed by atoms with Crippen LogP contribution in [-0.4, -0.2) is 34.6 Å². The molecule has 0 N–H and O–H groups in total. The number of hydrogen-bond donors (Lipinski definition) is 0. The second kappa shape index (κ2) is 7.76. The summed E-state index contributed by atoms with van der Waals surface area (Å²) in [5.41, 5.74) is 2.25. The van der Waals surface area contributed by atoms with Crippen molar-refractivity contribution in [1.82, 2.24) is 34.6 Å². The number of fused-ring (bicyclic) bond motifs is 2. The summed E-state index contributed by atoms with van der Waals surface area (Å²) in [4.78, 5) is 15.2. The molecule has 33 heavy (non-hydrogen) atoms. The van der Waals surface area contributed by atoms with Gasteiger partial charge in [0.1, 0.15) is 17.7 Å². The number of hydrogen-bond acceptors (Lipinski definition) is 7. The molecule has 0 amide bonds. The van der Waals surface area contributed by atoms with Crippen LogP contribution in [0.5, 0.6) is 0 Å². The van der Waals surface area contributed by atoms with Crippen LogP contribution in [-0.2, 0) is 7.05 Å². The molecule has 0 aliphatic rings. The Morgan fingerprint density at radius 3 is 2.61 bits per heavy atom. The normalized spacial score (nSPS) is 13.5. The van der Waals surface area contributed by atoms with Crippen LogP contribution in [0.25, 0.3) is 27.7 Å². The van der Waals surface area contributed by atoms with Crippen LogP contribution in [0.15, 0.2) is 48.0 Å². The minimum atomic E-state index is -0.825. The van der Waals surface area contributed by atoms with Crippen LogP contribution in [0.2, 0.25) is 0 Å². The Labute approximate surface area is 186 Å². The van der Waals surface area contributed by atoms with E-state index in [0.29, 0.717) is 16.9 Å². The second-order valence-corrected chi connectivity index (χ2v) is 7.87. The summed E-state index contributed by atoms with van der Waals surface area (Å²) in [5.74, 6) is -2.07. The maximum absolute atomic E-state index is 15.7. The average Bonchev–Trinajstić information content (AvgIpc) is 3.44. The largest absolute Gasteiger partial charge is 0.275 e. The third-order valence-corrected chi connectivity index (χ3v) is 5.66. The van der Waals surface area contributed by atoms with Crippen LogP contribution in [0.4, 0.5) is 8.78 Å². The van der Waals surface area contributed by atoms with Gasteiger partial charge in [-0.25, -0.2) is 8.78 Å². The quantitative estimate of drug-likeness (QED) is 0.371. The first-order chi connectivity index (χ1) is 15.9. The van der Waals surface area contributed by atoms with Crippen molar-refractivity contribution in [2.45, 2.75) is 25.8 Å². The second-order valence-electron chi connectivity index (χ2n) is 7.87. The number of aromatic nitrogens is 7. The zero-order valence-corrected chi connectivity index (χ0v) is 17.9.